The summed E-state index contributed by atoms with van der Waals surface area (Å²) in [7, 11) is 0. The Balaban J connectivity index is 1.88. The molecule has 0 bridgehead atoms. The summed E-state index contributed by atoms with van der Waals surface area (Å²) in [5.41, 5.74) is 7.36. The van der Waals surface area contributed by atoms with Crippen LogP contribution in [0.5, 0.6) is 0 Å². The second kappa shape index (κ2) is 6.14. The molecule has 128 valence electrons. The van der Waals surface area contributed by atoms with Gasteiger partial charge in [-0.15, -0.1) is 0 Å². The smallest absolute Gasteiger partial charge is 0.254 e. The number of amides is 1. The molecule has 8 nitrogen and oxygen atoms in total. The van der Waals surface area contributed by atoms with Crippen LogP contribution in [0.1, 0.15) is 6.92 Å². The molecule has 1 saturated heterocycles. The minimum atomic E-state index is -0.577. The number of anilines is 1. The molecule has 0 aliphatic carbocycles. The van der Waals surface area contributed by atoms with Crippen LogP contribution in [0.15, 0.2) is 42.7 Å². The fraction of sp³-hybridized carbons (Fsp3) is 0.294. The van der Waals surface area contributed by atoms with Gasteiger partial charge in [0, 0.05) is 18.2 Å². The Hall–Kier alpha value is -3.00. The van der Waals surface area contributed by atoms with Crippen molar-refractivity contribution in [3.8, 4) is 11.3 Å². The fourth-order valence-electron chi connectivity index (χ4n) is 3.22. The van der Waals surface area contributed by atoms with E-state index in [1.165, 1.54) is 6.33 Å². The van der Waals surface area contributed by atoms with Crippen molar-refractivity contribution in [2.24, 2.45) is 5.73 Å². The lowest BCUT2D eigenvalue weighted by Gasteiger charge is -2.39. The van der Waals surface area contributed by atoms with Crippen LogP contribution in [0.4, 0.5) is 5.82 Å². The number of aromatic nitrogens is 4. The van der Waals surface area contributed by atoms with Gasteiger partial charge < -0.3 is 15.4 Å². The normalized spacial score (nSPS) is 20.8. The number of nitrogens with two attached hydrogens (primary N) is 1. The van der Waals surface area contributed by atoms with Crippen LogP contribution in [0.25, 0.3) is 17.0 Å². The molecule has 0 unspecified atom stereocenters. The van der Waals surface area contributed by atoms with Gasteiger partial charge in [-0.05, 0) is 6.92 Å². The summed E-state index contributed by atoms with van der Waals surface area (Å²) in [4.78, 5) is 22.7. The molecule has 25 heavy (non-hydrogen) atoms. The minimum absolute atomic E-state index is 0.307. The number of hydrogen-bond donors (Lipinski definition) is 1. The first kappa shape index (κ1) is 15.5. The molecule has 1 amide bonds. The lowest BCUT2D eigenvalue weighted by molar-refractivity contribution is -0.124. The topological polar surface area (TPSA) is 98.6 Å². The zero-order valence-corrected chi connectivity index (χ0v) is 13.7. The zero-order valence-electron chi connectivity index (χ0n) is 13.7. The standard InChI is InChI=1S/C17H18N6O2/c1-11-15(16(18)24)22(7-8-25-11)14-9-13(12-5-3-2-4-6-12)21-17-19-10-20-23(14)17/h2-6,9-11,15H,7-8H2,1H3,(H2,18,24)/t11-,15+/m1/s1. The maximum atomic E-state index is 12.0. The molecule has 3 aromatic rings. The van der Waals surface area contributed by atoms with Crippen LogP contribution in [-0.2, 0) is 9.53 Å². The molecule has 1 aliphatic heterocycles. The molecular weight excluding hydrogens is 320 g/mol. The molecule has 2 atom stereocenters. The van der Waals surface area contributed by atoms with Crippen LogP contribution >= 0.6 is 0 Å². The largest absolute Gasteiger partial charge is 0.374 e. The lowest BCUT2D eigenvalue weighted by Crippen LogP contribution is -2.57. The highest BCUT2D eigenvalue weighted by Gasteiger charge is 2.35. The highest BCUT2D eigenvalue weighted by molar-refractivity contribution is 5.84. The fourth-order valence-corrected chi connectivity index (χ4v) is 3.22. The quantitative estimate of drug-likeness (QED) is 0.761. The molecule has 1 fully saturated rings. The summed E-state index contributed by atoms with van der Waals surface area (Å²) in [6, 6.07) is 11.1. The van der Waals surface area contributed by atoms with E-state index in [4.69, 9.17) is 10.5 Å². The molecule has 1 aliphatic rings. The van der Waals surface area contributed by atoms with E-state index in [0.29, 0.717) is 18.9 Å². The van der Waals surface area contributed by atoms with Crippen LogP contribution in [0, 0.1) is 0 Å². The van der Waals surface area contributed by atoms with Gasteiger partial charge >= 0.3 is 0 Å². The molecule has 0 saturated carbocycles. The number of carbonyl (C=O) groups is 1. The zero-order chi connectivity index (χ0) is 17.4. The Bertz CT molecular complexity index is 910. The van der Waals surface area contributed by atoms with Crippen LogP contribution < -0.4 is 10.6 Å². The van der Waals surface area contributed by atoms with E-state index >= 15 is 0 Å². The number of nitrogens with zero attached hydrogens (tertiary/aromatic N) is 5. The van der Waals surface area contributed by atoms with E-state index in [0.717, 1.165) is 17.1 Å². The molecule has 4 rings (SSSR count). The van der Waals surface area contributed by atoms with Crippen molar-refractivity contribution in [1.82, 2.24) is 19.6 Å². The van der Waals surface area contributed by atoms with Crippen molar-refractivity contribution in [1.29, 1.82) is 0 Å². The number of morpholine rings is 1. The Kier molecular flexibility index (Phi) is 3.81. The summed E-state index contributed by atoms with van der Waals surface area (Å²) < 4.78 is 7.23. The molecule has 2 N–H and O–H groups in total. The summed E-state index contributed by atoms with van der Waals surface area (Å²) >= 11 is 0. The van der Waals surface area contributed by atoms with Crippen molar-refractivity contribution in [2.75, 3.05) is 18.1 Å². The van der Waals surface area contributed by atoms with Gasteiger partial charge in [-0.1, -0.05) is 30.3 Å². The predicted molar refractivity (Wildman–Crippen MR) is 92.0 cm³/mol. The van der Waals surface area contributed by atoms with Crippen LogP contribution in [0.3, 0.4) is 0 Å². The number of rotatable bonds is 3. The monoisotopic (exact) mass is 338 g/mol. The van der Waals surface area contributed by atoms with Gasteiger partial charge in [0.25, 0.3) is 5.78 Å². The van der Waals surface area contributed by atoms with E-state index in [-0.39, 0.29) is 6.10 Å². The number of benzene rings is 1. The minimum Gasteiger partial charge on any atom is -0.374 e. The Morgan fingerprint density at radius 2 is 2.12 bits per heavy atom. The van der Waals surface area contributed by atoms with E-state index < -0.39 is 11.9 Å². The Morgan fingerprint density at radius 1 is 1.32 bits per heavy atom. The summed E-state index contributed by atoms with van der Waals surface area (Å²) in [5.74, 6) is 0.762. The predicted octanol–water partition coefficient (Wildman–Crippen LogP) is 0.870. The maximum Gasteiger partial charge on any atom is 0.254 e. The van der Waals surface area contributed by atoms with Crippen molar-refractivity contribution in [3.63, 3.8) is 0 Å². The van der Waals surface area contributed by atoms with E-state index in [2.05, 4.69) is 15.1 Å². The molecular formula is C17H18N6O2. The third-order valence-electron chi connectivity index (χ3n) is 4.38. The third-order valence-corrected chi connectivity index (χ3v) is 4.38. The van der Waals surface area contributed by atoms with Crippen molar-refractivity contribution in [2.45, 2.75) is 19.1 Å². The SMILES string of the molecule is C[C@H]1OCCN(c2cc(-c3ccccc3)nc3ncnn23)[C@@H]1C(N)=O. The third kappa shape index (κ3) is 2.70. The molecule has 3 heterocycles. The van der Waals surface area contributed by atoms with Gasteiger partial charge in [0.1, 0.15) is 18.2 Å². The molecule has 1 aromatic carbocycles. The molecule has 8 heteroatoms. The van der Waals surface area contributed by atoms with Crippen molar-refractivity contribution < 1.29 is 9.53 Å². The molecule has 0 spiro atoms. The number of hydrogen-bond acceptors (Lipinski definition) is 6. The first-order valence-corrected chi connectivity index (χ1v) is 8.09. The molecule has 0 radical (unpaired) electrons. The van der Waals surface area contributed by atoms with Gasteiger partial charge in [0.15, 0.2) is 0 Å². The number of ether oxygens (including phenoxy) is 1. The van der Waals surface area contributed by atoms with Gasteiger partial charge in [-0.2, -0.15) is 14.6 Å². The van der Waals surface area contributed by atoms with Gasteiger partial charge in [-0.3, -0.25) is 4.79 Å². The van der Waals surface area contributed by atoms with Gasteiger partial charge in [-0.25, -0.2) is 4.98 Å². The average Bonchev–Trinajstić information content (AvgIpc) is 3.09. The highest BCUT2D eigenvalue weighted by Crippen LogP contribution is 2.27. The second-order valence-electron chi connectivity index (χ2n) is 5.95. The van der Waals surface area contributed by atoms with Crippen LogP contribution in [0.2, 0.25) is 0 Å². The van der Waals surface area contributed by atoms with E-state index in [1.807, 2.05) is 48.2 Å². The molecule has 2 aromatic heterocycles. The first-order chi connectivity index (χ1) is 12.1. The Morgan fingerprint density at radius 3 is 2.88 bits per heavy atom. The number of primary amides is 1. The highest BCUT2D eigenvalue weighted by atomic mass is 16.5. The second-order valence-corrected chi connectivity index (χ2v) is 5.95. The Labute approximate surface area is 144 Å². The van der Waals surface area contributed by atoms with E-state index in [9.17, 15) is 4.79 Å². The first-order valence-electron chi connectivity index (χ1n) is 8.09. The summed E-state index contributed by atoms with van der Waals surface area (Å²) in [5, 5.41) is 4.26. The lowest BCUT2D eigenvalue weighted by atomic mass is 10.1. The average molecular weight is 338 g/mol. The van der Waals surface area contributed by atoms with Crippen molar-refractivity contribution >= 4 is 17.5 Å². The van der Waals surface area contributed by atoms with Crippen LogP contribution in [-0.4, -0.2) is 50.8 Å². The maximum absolute atomic E-state index is 12.0. The van der Waals surface area contributed by atoms with E-state index in [1.54, 1.807) is 4.52 Å². The summed E-state index contributed by atoms with van der Waals surface area (Å²) in [6.07, 6.45) is 1.14. The number of fused-ring (bicyclic) bond motifs is 1. The summed E-state index contributed by atoms with van der Waals surface area (Å²) in [6.45, 7) is 2.88. The number of carbonyl (C=O) groups excluding carboxylic acids is 1. The van der Waals surface area contributed by atoms with Gasteiger partial charge in [0.2, 0.25) is 5.91 Å². The van der Waals surface area contributed by atoms with Gasteiger partial charge in [0.05, 0.1) is 18.4 Å². The van der Waals surface area contributed by atoms with Crippen molar-refractivity contribution in [3.05, 3.63) is 42.7 Å².